The number of para-hydroxylation sites is 1. The van der Waals surface area contributed by atoms with Crippen LogP contribution in [0.2, 0.25) is 0 Å². The van der Waals surface area contributed by atoms with Gasteiger partial charge in [0, 0.05) is 35.7 Å². The molecule has 0 unspecified atom stereocenters. The van der Waals surface area contributed by atoms with Gasteiger partial charge < -0.3 is 14.8 Å². The van der Waals surface area contributed by atoms with Gasteiger partial charge in [-0.3, -0.25) is 4.79 Å². The van der Waals surface area contributed by atoms with Crippen molar-refractivity contribution in [2.75, 3.05) is 19.5 Å². The lowest BCUT2D eigenvalue weighted by Gasteiger charge is -2.09. The fourth-order valence-corrected chi connectivity index (χ4v) is 3.69. The van der Waals surface area contributed by atoms with Crippen molar-refractivity contribution in [3.05, 3.63) is 90.9 Å². The predicted molar refractivity (Wildman–Crippen MR) is 133 cm³/mol. The first kappa shape index (κ1) is 21.9. The normalized spacial score (nSPS) is 11.1. The number of amides is 1. The van der Waals surface area contributed by atoms with Crippen LogP contribution < -0.4 is 14.8 Å². The lowest BCUT2D eigenvalue weighted by atomic mass is 10.1. The average molecular weight is 467 g/mol. The minimum absolute atomic E-state index is 0.307. The summed E-state index contributed by atoms with van der Waals surface area (Å²) in [4.78, 5) is 16.9. The molecule has 9 heteroatoms. The minimum Gasteiger partial charge on any atom is -0.493 e. The number of carbonyl (C=O) groups is 1. The number of hydrogen-bond donors (Lipinski definition) is 1. The van der Waals surface area contributed by atoms with E-state index in [0.717, 1.165) is 16.8 Å². The summed E-state index contributed by atoms with van der Waals surface area (Å²) >= 11 is 0. The highest BCUT2D eigenvalue weighted by Gasteiger charge is 2.14. The van der Waals surface area contributed by atoms with Crippen LogP contribution in [0, 0.1) is 0 Å². The molecule has 9 nitrogen and oxygen atoms in total. The number of ether oxygens (including phenoxy) is 2. The molecule has 0 aliphatic carbocycles. The van der Waals surface area contributed by atoms with Crippen molar-refractivity contribution in [2.24, 2.45) is 0 Å². The molecule has 0 saturated carbocycles. The lowest BCUT2D eigenvalue weighted by molar-refractivity contribution is -0.111. The van der Waals surface area contributed by atoms with Gasteiger partial charge in [-0.25, -0.2) is 9.67 Å². The van der Waals surface area contributed by atoms with Crippen molar-refractivity contribution >= 4 is 23.4 Å². The number of nitrogens with zero attached hydrogens (tertiary/aromatic N) is 5. The number of nitrogens with one attached hydrogen (secondary N) is 1. The molecule has 0 atom stereocenters. The number of rotatable bonds is 7. The number of methoxy groups -OCH3 is 2. The summed E-state index contributed by atoms with van der Waals surface area (Å²) in [6.45, 7) is 0. The second-order valence-electron chi connectivity index (χ2n) is 7.54. The number of fused-ring (bicyclic) bond motifs is 1. The van der Waals surface area contributed by atoms with Crippen molar-refractivity contribution in [1.29, 1.82) is 0 Å². The summed E-state index contributed by atoms with van der Waals surface area (Å²) in [5.41, 5.74) is 3.82. The molecule has 3 aromatic heterocycles. The number of carbonyl (C=O) groups excluding carboxylic acids is 1. The fraction of sp³-hybridized carbons (Fsp3) is 0.0769. The molecule has 0 aliphatic heterocycles. The molecule has 1 amide bonds. The molecular weight excluding hydrogens is 444 g/mol. The third kappa shape index (κ3) is 4.47. The van der Waals surface area contributed by atoms with Gasteiger partial charge in [-0.1, -0.05) is 18.2 Å². The zero-order valence-corrected chi connectivity index (χ0v) is 19.1. The van der Waals surface area contributed by atoms with E-state index in [9.17, 15) is 4.79 Å². The van der Waals surface area contributed by atoms with Crippen molar-refractivity contribution in [1.82, 2.24) is 24.4 Å². The first-order chi connectivity index (χ1) is 17.2. The molecule has 2 aromatic carbocycles. The second-order valence-corrected chi connectivity index (χ2v) is 7.54. The Balaban J connectivity index is 1.49. The maximum atomic E-state index is 12.7. The Morgan fingerprint density at radius 2 is 1.80 bits per heavy atom. The van der Waals surface area contributed by atoms with Crippen LogP contribution >= 0.6 is 0 Å². The van der Waals surface area contributed by atoms with E-state index < -0.39 is 0 Å². The Labute approximate surface area is 201 Å². The fourth-order valence-electron chi connectivity index (χ4n) is 3.69. The third-order valence-corrected chi connectivity index (χ3v) is 5.38. The van der Waals surface area contributed by atoms with E-state index in [0.29, 0.717) is 28.7 Å². The molecule has 3 heterocycles. The van der Waals surface area contributed by atoms with Crippen LogP contribution in [0.5, 0.6) is 11.5 Å². The van der Waals surface area contributed by atoms with Gasteiger partial charge in [-0.2, -0.15) is 14.7 Å². The molecule has 0 spiro atoms. The van der Waals surface area contributed by atoms with Crippen molar-refractivity contribution in [3.8, 4) is 28.4 Å². The molecule has 5 rings (SSSR count). The van der Waals surface area contributed by atoms with E-state index in [1.54, 1.807) is 54.0 Å². The molecule has 1 N–H and O–H groups in total. The van der Waals surface area contributed by atoms with E-state index in [1.807, 2.05) is 54.7 Å². The van der Waals surface area contributed by atoms with Gasteiger partial charge in [0.1, 0.15) is 11.5 Å². The molecule has 174 valence electrons. The largest absolute Gasteiger partial charge is 0.493 e. The van der Waals surface area contributed by atoms with Crippen LogP contribution in [-0.4, -0.2) is 44.5 Å². The van der Waals surface area contributed by atoms with Gasteiger partial charge in [0.25, 0.3) is 0 Å². The van der Waals surface area contributed by atoms with E-state index in [1.165, 1.54) is 6.08 Å². The smallest absolute Gasteiger partial charge is 0.249 e. The zero-order chi connectivity index (χ0) is 24.2. The number of hydrogen-bond acceptors (Lipinski definition) is 6. The van der Waals surface area contributed by atoms with Crippen LogP contribution in [0.3, 0.4) is 0 Å². The third-order valence-electron chi connectivity index (χ3n) is 5.38. The molecule has 0 aliphatic rings. The first-order valence-corrected chi connectivity index (χ1v) is 10.8. The van der Waals surface area contributed by atoms with Gasteiger partial charge in [0.2, 0.25) is 5.91 Å². The first-order valence-electron chi connectivity index (χ1n) is 10.8. The number of aromatic nitrogens is 5. The predicted octanol–water partition coefficient (Wildman–Crippen LogP) is 4.25. The molecule has 5 aromatic rings. The summed E-state index contributed by atoms with van der Waals surface area (Å²) in [6, 6.07) is 18.8. The summed E-state index contributed by atoms with van der Waals surface area (Å²) in [5, 5.41) is 11.8. The van der Waals surface area contributed by atoms with Crippen LogP contribution in [-0.2, 0) is 4.79 Å². The van der Waals surface area contributed by atoms with Crippen molar-refractivity contribution in [3.63, 3.8) is 0 Å². The molecule has 35 heavy (non-hydrogen) atoms. The molecule has 0 fully saturated rings. The topological polar surface area (TPSA) is 95.6 Å². The Morgan fingerprint density at radius 3 is 2.60 bits per heavy atom. The number of benzene rings is 2. The standard InChI is InChI=1S/C26H22N6O3/c1-34-21-10-8-18(16-22(21)35-2)26-19(17-31(30-26)20-6-4-3-5-7-20)9-11-25(33)29-24-12-14-27-23-13-15-28-32(23)24/h3-17H,1-2H3,(H,29,33)/b11-9+. The van der Waals surface area contributed by atoms with Gasteiger partial charge in [0.05, 0.1) is 26.1 Å². The average Bonchev–Trinajstić information content (AvgIpc) is 3.56. The monoisotopic (exact) mass is 466 g/mol. The maximum absolute atomic E-state index is 12.7. The van der Waals surface area contributed by atoms with Gasteiger partial charge in [-0.15, -0.1) is 0 Å². The van der Waals surface area contributed by atoms with Crippen molar-refractivity contribution < 1.29 is 14.3 Å². The summed E-state index contributed by atoms with van der Waals surface area (Å²) in [6.07, 6.45) is 8.32. The van der Waals surface area contributed by atoms with Crippen LogP contribution in [0.15, 0.2) is 85.3 Å². The highest BCUT2D eigenvalue weighted by Crippen LogP contribution is 2.33. The lowest BCUT2D eigenvalue weighted by Crippen LogP contribution is -2.11. The quantitative estimate of drug-likeness (QED) is 0.360. The van der Waals surface area contributed by atoms with Crippen LogP contribution in [0.25, 0.3) is 28.7 Å². The Hall–Kier alpha value is -4.92. The molecule has 0 bridgehead atoms. The van der Waals surface area contributed by atoms with Gasteiger partial charge in [-0.05, 0) is 42.5 Å². The Kier molecular flexibility index (Phi) is 5.96. The summed E-state index contributed by atoms with van der Waals surface area (Å²) in [7, 11) is 3.18. The van der Waals surface area contributed by atoms with E-state index in [-0.39, 0.29) is 5.91 Å². The van der Waals surface area contributed by atoms with E-state index in [2.05, 4.69) is 15.4 Å². The molecular formula is C26H22N6O3. The maximum Gasteiger partial charge on any atom is 0.249 e. The van der Waals surface area contributed by atoms with Gasteiger partial charge in [0.15, 0.2) is 17.1 Å². The van der Waals surface area contributed by atoms with Crippen LogP contribution in [0.4, 0.5) is 5.82 Å². The number of anilines is 1. The Bertz CT molecular complexity index is 1520. The van der Waals surface area contributed by atoms with E-state index in [4.69, 9.17) is 14.6 Å². The molecule has 0 saturated heterocycles. The summed E-state index contributed by atoms with van der Waals surface area (Å²) < 4.78 is 14.2. The zero-order valence-electron chi connectivity index (χ0n) is 19.1. The molecule has 0 radical (unpaired) electrons. The summed E-state index contributed by atoms with van der Waals surface area (Å²) in [5.74, 6) is 1.43. The highest BCUT2D eigenvalue weighted by molar-refractivity contribution is 6.02. The van der Waals surface area contributed by atoms with Crippen molar-refractivity contribution in [2.45, 2.75) is 0 Å². The minimum atomic E-state index is -0.307. The van der Waals surface area contributed by atoms with Gasteiger partial charge >= 0.3 is 0 Å². The highest BCUT2D eigenvalue weighted by atomic mass is 16.5. The SMILES string of the molecule is COc1ccc(-c2nn(-c3ccccc3)cc2/C=C/C(=O)Nc2ccnc3ccnn23)cc1OC. The van der Waals surface area contributed by atoms with E-state index >= 15 is 0 Å². The second kappa shape index (κ2) is 9.52. The Morgan fingerprint density at radius 1 is 0.971 bits per heavy atom. The van der Waals surface area contributed by atoms with Crippen LogP contribution in [0.1, 0.15) is 5.56 Å².